The van der Waals surface area contributed by atoms with Crippen molar-refractivity contribution in [1.82, 2.24) is 51.5 Å². The summed E-state index contributed by atoms with van der Waals surface area (Å²) in [7, 11) is 2.87. The molecule has 7 rings (SSSR count). The average Bonchev–Trinajstić information content (AvgIpc) is 1.59. The van der Waals surface area contributed by atoms with Crippen molar-refractivity contribution in [3.05, 3.63) is 106 Å². The minimum absolute atomic E-state index is 0.0437. The molecule has 490 valence electrons. The van der Waals surface area contributed by atoms with Gasteiger partial charge in [0.1, 0.15) is 47.5 Å². The van der Waals surface area contributed by atoms with Crippen molar-refractivity contribution < 1.29 is 57.4 Å². The van der Waals surface area contributed by atoms with Gasteiger partial charge in [0.05, 0.1) is 12.1 Å². The lowest BCUT2D eigenvalue weighted by molar-refractivity contribution is -0.144. The van der Waals surface area contributed by atoms with E-state index in [-0.39, 0.29) is 49.1 Å². The number of likely N-dealkylation sites (tertiary alicyclic amines) is 2. The molecule has 2 saturated heterocycles. The molecule has 0 unspecified atom stereocenters. The number of carbonyl (C=O) groups is 10. The van der Waals surface area contributed by atoms with Gasteiger partial charge >= 0.3 is 12.2 Å². The molecule has 2 fully saturated rings. The first-order valence-electron chi connectivity index (χ1n) is 31.5. The first-order valence-corrected chi connectivity index (χ1v) is 31.5. The van der Waals surface area contributed by atoms with E-state index >= 15 is 9.59 Å². The van der Waals surface area contributed by atoms with Crippen LogP contribution in [-0.2, 0) is 51.1 Å². The molecule has 4 aliphatic rings. The molecule has 90 heavy (non-hydrogen) atoms. The molecule has 2 aliphatic heterocycles. The summed E-state index contributed by atoms with van der Waals surface area (Å²) in [5, 5.41) is 18.2. The van der Waals surface area contributed by atoms with E-state index < -0.39 is 130 Å². The largest absolute Gasteiger partial charge is 0.444 e. The maximum absolute atomic E-state index is 15.0. The molecule has 3 aromatic rings. The molecule has 2 heterocycles. The van der Waals surface area contributed by atoms with Crippen LogP contribution >= 0.6 is 0 Å². The number of amides is 10. The van der Waals surface area contributed by atoms with Crippen LogP contribution in [0, 0.1) is 10.8 Å². The molecular formula is C68H96N10O12. The highest BCUT2D eigenvalue weighted by molar-refractivity contribution is 6.00. The van der Waals surface area contributed by atoms with Gasteiger partial charge in [-0.2, -0.15) is 0 Å². The van der Waals surface area contributed by atoms with Crippen LogP contribution in [0.1, 0.15) is 191 Å². The average molecular weight is 1250 g/mol. The van der Waals surface area contributed by atoms with Crippen LogP contribution in [0.15, 0.2) is 72.8 Å². The van der Waals surface area contributed by atoms with Crippen molar-refractivity contribution in [3.8, 4) is 0 Å². The summed E-state index contributed by atoms with van der Waals surface area (Å²) < 4.78 is 11.0. The van der Waals surface area contributed by atoms with Gasteiger partial charge in [-0.05, 0) is 164 Å². The Bertz CT molecular complexity index is 2970. The lowest BCUT2D eigenvalue weighted by Crippen LogP contribution is -2.60. The molecule has 0 spiro atoms. The second-order valence-electron chi connectivity index (χ2n) is 28.9. The van der Waals surface area contributed by atoms with E-state index in [1.807, 2.05) is 48.5 Å². The van der Waals surface area contributed by atoms with Crippen molar-refractivity contribution >= 4 is 59.4 Å². The zero-order valence-corrected chi connectivity index (χ0v) is 55.5. The number of likely N-dealkylation sites (N-methyl/N-ethyl adjacent to an activating group) is 2. The smallest absolute Gasteiger partial charge is 0.410 e. The van der Waals surface area contributed by atoms with Gasteiger partial charge in [-0.1, -0.05) is 90.1 Å². The first-order chi connectivity index (χ1) is 41.9. The zero-order valence-electron chi connectivity index (χ0n) is 55.5. The molecule has 10 amide bonds. The molecule has 0 radical (unpaired) electrons. The van der Waals surface area contributed by atoms with Gasteiger partial charge in [-0.15, -0.1) is 0 Å². The Morgan fingerprint density at radius 3 is 1.14 bits per heavy atom. The minimum Gasteiger partial charge on any atom is -0.444 e. The van der Waals surface area contributed by atoms with Gasteiger partial charge in [0, 0.05) is 50.4 Å². The number of fused-ring (bicyclic) bond motifs is 2. The fourth-order valence-corrected chi connectivity index (χ4v) is 12.0. The van der Waals surface area contributed by atoms with Gasteiger partial charge in [0.25, 0.3) is 11.8 Å². The van der Waals surface area contributed by atoms with Crippen molar-refractivity contribution in [2.45, 2.75) is 220 Å². The molecular weight excluding hydrogens is 1150 g/mol. The molecule has 0 saturated carbocycles. The molecule has 2 aliphatic carbocycles. The van der Waals surface area contributed by atoms with Crippen LogP contribution in [0.25, 0.3) is 0 Å². The van der Waals surface area contributed by atoms with Crippen LogP contribution in [0.5, 0.6) is 0 Å². The Morgan fingerprint density at radius 1 is 0.489 bits per heavy atom. The number of ether oxygens (including phenoxy) is 2. The van der Waals surface area contributed by atoms with Crippen LogP contribution in [0.3, 0.4) is 0 Å². The summed E-state index contributed by atoms with van der Waals surface area (Å²) in [4.78, 5) is 147. The monoisotopic (exact) mass is 1240 g/mol. The predicted molar refractivity (Wildman–Crippen MR) is 339 cm³/mol. The lowest BCUT2D eigenvalue weighted by atomic mass is 9.85. The van der Waals surface area contributed by atoms with Crippen LogP contribution < -0.4 is 31.9 Å². The molecule has 22 nitrogen and oxygen atoms in total. The second kappa shape index (κ2) is 28.0. The fourth-order valence-electron chi connectivity index (χ4n) is 12.0. The van der Waals surface area contributed by atoms with E-state index in [9.17, 15) is 38.4 Å². The number of rotatable bonds is 16. The highest BCUT2D eigenvalue weighted by Crippen LogP contribution is 2.34. The minimum atomic E-state index is -1.17. The SMILES string of the molecule is C[C@@H](C(=O)N[C@H](C(=O)N1C[C@@H](NC(=O)c2ccc(C(=O)N[C@H]3C[C@@H](C(=O)N[C@@H]4CCCc5ccccc54)N(C(=O)[C@@H](NC(=O)[C@H](C)N(C)C(=O)OC(C)(C)C)C(C)(C)C)C3)cc2)C[C@H]1C(=O)N[C@@H]1CCCc2ccccc21)C(C)(C)C)N(C)C(=O)OC(C)(C)C. The fraction of sp³-hybridized carbons (Fsp3) is 0.588. The van der Waals surface area contributed by atoms with Crippen molar-refractivity contribution in [1.29, 1.82) is 0 Å². The van der Waals surface area contributed by atoms with Gasteiger partial charge in [0.15, 0.2) is 0 Å². The highest BCUT2D eigenvalue weighted by atomic mass is 16.6. The molecule has 10 atom stereocenters. The van der Waals surface area contributed by atoms with Crippen molar-refractivity contribution in [2.24, 2.45) is 10.8 Å². The van der Waals surface area contributed by atoms with E-state index in [1.165, 1.54) is 62.0 Å². The highest BCUT2D eigenvalue weighted by Gasteiger charge is 2.49. The van der Waals surface area contributed by atoms with E-state index in [2.05, 4.69) is 31.9 Å². The number of benzene rings is 3. The number of carbonyl (C=O) groups excluding carboxylic acids is 10. The Hall–Kier alpha value is -8.04. The molecule has 3 aromatic carbocycles. The van der Waals surface area contributed by atoms with E-state index in [4.69, 9.17) is 9.47 Å². The maximum Gasteiger partial charge on any atom is 0.410 e. The van der Waals surface area contributed by atoms with Gasteiger partial charge in [0.2, 0.25) is 35.4 Å². The Kier molecular flexibility index (Phi) is 21.6. The topological polar surface area (TPSA) is 274 Å². The summed E-state index contributed by atoms with van der Waals surface area (Å²) in [6.45, 7) is 23.9. The molecule has 6 N–H and O–H groups in total. The maximum atomic E-state index is 15.0. The molecule has 0 bridgehead atoms. The molecule has 22 heteroatoms. The second-order valence-corrected chi connectivity index (χ2v) is 28.9. The summed E-state index contributed by atoms with van der Waals surface area (Å²) in [5.41, 5.74) is 1.19. The van der Waals surface area contributed by atoms with Crippen LogP contribution in [-0.4, -0.2) is 166 Å². The van der Waals surface area contributed by atoms with Crippen LogP contribution in [0.4, 0.5) is 9.59 Å². The number of aryl methyl sites for hydroxylation is 2. The lowest BCUT2D eigenvalue weighted by Gasteiger charge is -2.37. The first kappa shape index (κ1) is 69.4. The summed E-state index contributed by atoms with van der Waals surface area (Å²) in [5.74, 6) is -4.23. The number of hydrogen-bond donors (Lipinski definition) is 6. The van der Waals surface area contributed by atoms with Crippen molar-refractivity contribution in [3.63, 3.8) is 0 Å². The third-order valence-corrected chi connectivity index (χ3v) is 17.3. The van der Waals surface area contributed by atoms with Gasteiger partial charge < -0.3 is 51.2 Å². The van der Waals surface area contributed by atoms with E-state index in [1.54, 1.807) is 83.1 Å². The van der Waals surface area contributed by atoms with Crippen molar-refractivity contribution in [2.75, 3.05) is 27.2 Å². The summed E-state index contributed by atoms with van der Waals surface area (Å²) in [6, 6.07) is 13.1. The molecule has 0 aromatic heterocycles. The van der Waals surface area contributed by atoms with Gasteiger partial charge in [-0.3, -0.25) is 48.2 Å². The van der Waals surface area contributed by atoms with Crippen LogP contribution in [0.2, 0.25) is 0 Å². The number of nitrogens with zero attached hydrogens (tertiary/aromatic N) is 4. The number of hydrogen-bond acceptors (Lipinski definition) is 12. The van der Waals surface area contributed by atoms with E-state index in [0.717, 1.165) is 57.7 Å². The summed E-state index contributed by atoms with van der Waals surface area (Å²) >= 11 is 0. The predicted octanol–water partition coefficient (Wildman–Crippen LogP) is 7.05. The Morgan fingerprint density at radius 2 is 0.822 bits per heavy atom. The Balaban J connectivity index is 1.07. The third-order valence-electron chi connectivity index (χ3n) is 17.3. The Labute approximate surface area is 530 Å². The van der Waals surface area contributed by atoms with E-state index in [0.29, 0.717) is 12.8 Å². The summed E-state index contributed by atoms with van der Waals surface area (Å²) in [6.07, 6.45) is 3.44. The third kappa shape index (κ3) is 17.3. The van der Waals surface area contributed by atoms with Gasteiger partial charge in [-0.25, -0.2) is 9.59 Å². The zero-order chi connectivity index (χ0) is 66.5. The standard InChI is InChI=1S/C68H96N10O12/c1-39(75(15)63(87)89-67(9,10)11)55(79)73-53(65(3,4)5)61(85)77-37-45(35-51(77)59(83)71-49-29-21-25-41-23-17-19-27-47(41)49)69-57(81)43-31-33-44(34-32-43)58(82)70-46-36-52(60(84)72-50-30-22-26-42-24-18-20-28-48(42)50)78(38-46)62(86)54(66(6,7)8)74-56(80)40(2)76(16)64(88)90-68(12,13)14/h17-20,23-24,27-28,31-34,39-40,45-46,49-54H,21-22,25-26,29-30,35-38H2,1-16H3,(H,69,81)(H,70,82)(H,71,83)(H,72,84)(H,73,79)(H,74,80)/t39-,40-,45-,46-,49+,50+,51-,52-,53+,54+/m0/s1. The normalized spacial score (nSPS) is 21.3. The quantitative estimate of drug-likeness (QED) is 0.0843. The number of nitrogens with one attached hydrogen (secondary N) is 6.